The Morgan fingerprint density at radius 2 is 1.82 bits per heavy atom. The van der Waals surface area contributed by atoms with E-state index in [0.717, 1.165) is 45.4 Å². The van der Waals surface area contributed by atoms with Crippen molar-refractivity contribution in [1.29, 1.82) is 0 Å². The Labute approximate surface area is 134 Å². The minimum Gasteiger partial charge on any atom is -0.444 e. The van der Waals surface area contributed by atoms with E-state index in [0.29, 0.717) is 12.0 Å². The molecule has 0 aliphatic carbocycles. The van der Waals surface area contributed by atoms with Crippen LogP contribution >= 0.6 is 0 Å². The number of nitrogens with zero attached hydrogens (tertiary/aromatic N) is 2. The van der Waals surface area contributed by atoms with Gasteiger partial charge in [0.05, 0.1) is 6.61 Å². The van der Waals surface area contributed by atoms with Crippen molar-refractivity contribution in [3.05, 3.63) is 0 Å². The highest BCUT2D eigenvalue weighted by atomic mass is 16.6. The van der Waals surface area contributed by atoms with Gasteiger partial charge in [-0.3, -0.25) is 4.90 Å². The van der Waals surface area contributed by atoms with Gasteiger partial charge in [0.2, 0.25) is 0 Å². The zero-order valence-electron chi connectivity index (χ0n) is 14.4. The fourth-order valence-electron chi connectivity index (χ4n) is 3.46. The summed E-state index contributed by atoms with van der Waals surface area (Å²) in [5.74, 6) is 0.630. The van der Waals surface area contributed by atoms with Crippen molar-refractivity contribution < 1.29 is 14.6 Å². The molecule has 128 valence electrons. The number of ether oxygens (including phenoxy) is 1. The summed E-state index contributed by atoms with van der Waals surface area (Å²) in [6.45, 7) is 9.74. The third-order valence-corrected chi connectivity index (χ3v) is 4.72. The Morgan fingerprint density at radius 1 is 1.14 bits per heavy atom. The number of hydrogen-bond acceptors (Lipinski definition) is 4. The van der Waals surface area contributed by atoms with E-state index >= 15 is 0 Å². The topological polar surface area (TPSA) is 53.0 Å². The van der Waals surface area contributed by atoms with Gasteiger partial charge in [-0.05, 0) is 58.9 Å². The number of rotatable bonds is 3. The van der Waals surface area contributed by atoms with Crippen LogP contribution in [-0.2, 0) is 4.74 Å². The molecule has 5 nitrogen and oxygen atoms in total. The van der Waals surface area contributed by atoms with Gasteiger partial charge in [0.15, 0.2) is 0 Å². The standard InChI is InChI=1S/C17H32N2O3/c1-17(2,3)22-16(21)18-10-7-14(8-11-18)12-19-9-5-4-6-15(19)13-20/h14-15,20H,4-13H2,1-3H3. The van der Waals surface area contributed by atoms with Crippen LogP contribution in [0.3, 0.4) is 0 Å². The van der Waals surface area contributed by atoms with Crippen molar-refractivity contribution >= 4 is 6.09 Å². The average Bonchev–Trinajstić information content (AvgIpc) is 2.47. The first-order valence-electron chi connectivity index (χ1n) is 8.72. The number of carbonyl (C=O) groups excluding carboxylic acids is 1. The maximum atomic E-state index is 12.1. The first kappa shape index (κ1) is 17.5. The van der Waals surface area contributed by atoms with Crippen molar-refractivity contribution in [2.45, 2.75) is 64.5 Å². The third-order valence-electron chi connectivity index (χ3n) is 4.72. The molecule has 0 aromatic heterocycles. The van der Waals surface area contributed by atoms with Crippen LogP contribution in [0.4, 0.5) is 4.79 Å². The van der Waals surface area contributed by atoms with E-state index in [-0.39, 0.29) is 12.7 Å². The van der Waals surface area contributed by atoms with Crippen LogP contribution in [0.25, 0.3) is 0 Å². The molecule has 22 heavy (non-hydrogen) atoms. The Morgan fingerprint density at radius 3 is 2.41 bits per heavy atom. The maximum absolute atomic E-state index is 12.1. The van der Waals surface area contributed by atoms with Crippen LogP contribution in [0.1, 0.15) is 52.9 Å². The van der Waals surface area contributed by atoms with E-state index in [1.807, 2.05) is 25.7 Å². The van der Waals surface area contributed by atoms with Gasteiger partial charge in [0.25, 0.3) is 0 Å². The Hall–Kier alpha value is -0.810. The molecule has 2 heterocycles. The summed E-state index contributed by atoms with van der Waals surface area (Å²) >= 11 is 0. The van der Waals surface area contributed by atoms with Crippen LogP contribution in [0, 0.1) is 5.92 Å². The summed E-state index contributed by atoms with van der Waals surface area (Å²) in [7, 11) is 0. The quantitative estimate of drug-likeness (QED) is 0.870. The summed E-state index contributed by atoms with van der Waals surface area (Å²) in [5, 5.41) is 9.50. The number of piperidine rings is 2. The van der Waals surface area contributed by atoms with Crippen molar-refractivity contribution in [2.75, 3.05) is 32.8 Å². The fraction of sp³-hybridized carbons (Fsp3) is 0.941. The molecular weight excluding hydrogens is 280 g/mol. The van der Waals surface area contributed by atoms with Crippen LogP contribution in [0.5, 0.6) is 0 Å². The first-order valence-corrected chi connectivity index (χ1v) is 8.72. The molecule has 0 spiro atoms. The molecule has 2 fully saturated rings. The molecular formula is C17H32N2O3. The van der Waals surface area contributed by atoms with Gasteiger partial charge >= 0.3 is 6.09 Å². The normalized spacial score (nSPS) is 25.3. The summed E-state index contributed by atoms with van der Waals surface area (Å²) < 4.78 is 5.44. The zero-order valence-corrected chi connectivity index (χ0v) is 14.4. The lowest BCUT2D eigenvalue weighted by atomic mass is 9.94. The first-order chi connectivity index (χ1) is 10.4. The van der Waals surface area contributed by atoms with Crippen LogP contribution in [0.2, 0.25) is 0 Å². The fourth-order valence-corrected chi connectivity index (χ4v) is 3.46. The Bertz CT molecular complexity index is 359. The Kier molecular flexibility index (Phi) is 6.09. The third kappa shape index (κ3) is 5.13. The summed E-state index contributed by atoms with van der Waals surface area (Å²) in [5.41, 5.74) is -0.421. The van der Waals surface area contributed by atoms with Crippen molar-refractivity contribution in [1.82, 2.24) is 9.80 Å². The van der Waals surface area contributed by atoms with Gasteiger partial charge in [-0.25, -0.2) is 4.79 Å². The van der Waals surface area contributed by atoms with Crippen molar-refractivity contribution in [3.8, 4) is 0 Å². The van der Waals surface area contributed by atoms with E-state index in [4.69, 9.17) is 4.74 Å². The van der Waals surface area contributed by atoms with Gasteiger partial charge in [-0.15, -0.1) is 0 Å². The van der Waals surface area contributed by atoms with Crippen molar-refractivity contribution in [2.24, 2.45) is 5.92 Å². The molecule has 0 saturated carbocycles. The molecule has 2 aliphatic rings. The Balaban J connectivity index is 1.76. The smallest absolute Gasteiger partial charge is 0.410 e. The molecule has 0 bridgehead atoms. The molecule has 2 aliphatic heterocycles. The second-order valence-corrected chi connectivity index (χ2v) is 7.74. The minimum atomic E-state index is -0.421. The predicted octanol–water partition coefficient (Wildman–Crippen LogP) is 2.48. The van der Waals surface area contributed by atoms with E-state index in [9.17, 15) is 9.90 Å². The highest BCUT2D eigenvalue weighted by Gasteiger charge is 2.29. The lowest BCUT2D eigenvalue weighted by molar-refractivity contribution is 0.0139. The average molecular weight is 312 g/mol. The van der Waals surface area contributed by atoms with E-state index < -0.39 is 5.60 Å². The number of amides is 1. The second kappa shape index (κ2) is 7.64. The summed E-state index contributed by atoms with van der Waals surface area (Å²) in [6.07, 6.45) is 5.48. The molecule has 1 N–H and O–H groups in total. The van der Waals surface area contributed by atoms with Gasteiger partial charge < -0.3 is 14.7 Å². The molecule has 0 radical (unpaired) electrons. The SMILES string of the molecule is CC(C)(C)OC(=O)N1CCC(CN2CCCCC2CO)CC1. The van der Waals surface area contributed by atoms with Crippen LogP contribution < -0.4 is 0 Å². The number of aliphatic hydroxyl groups is 1. The van der Waals surface area contributed by atoms with Crippen molar-refractivity contribution in [3.63, 3.8) is 0 Å². The number of hydrogen-bond donors (Lipinski definition) is 1. The largest absolute Gasteiger partial charge is 0.444 e. The molecule has 0 aromatic carbocycles. The molecule has 2 saturated heterocycles. The predicted molar refractivity (Wildman–Crippen MR) is 86.8 cm³/mol. The lowest BCUT2D eigenvalue weighted by Gasteiger charge is -2.39. The van der Waals surface area contributed by atoms with Gasteiger partial charge in [-0.2, -0.15) is 0 Å². The highest BCUT2D eigenvalue weighted by Crippen LogP contribution is 2.24. The zero-order chi connectivity index (χ0) is 16.2. The molecule has 1 amide bonds. The van der Waals surface area contributed by atoms with E-state index in [2.05, 4.69) is 4.90 Å². The molecule has 5 heteroatoms. The van der Waals surface area contributed by atoms with Crippen LogP contribution in [-0.4, -0.2) is 65.4 Å². The number of carbonyl (C=O) groups is 1. The molecule has 1 atom stereocenters. The molecule has 1 unspecified atom stereocenters. The maximum Gasteiger partial charge on any atom is 0.410 e. The van der Waals surface area contributed by atoms with E-state index in [1.54, 1.807) is 0 Å². The number of aliphatic hydroxyl groups excluding tert-OH is 1. The molecule has 0 aromatic rings. The van der Waals surface area contributed by atoms with Gasteiger partial charge in [0.1, 0.15) is 5.60 Å². The second-order valence-electron chi connectivity index (χ2n) is 7.74. The van der Waals surface area contributed by atoms with Gasteiger partial charge in [-0.1, -0.05) is 6.42 Å². The van der Waals surface area contributed by atoms with Gasteiger partial charge in [0, 0.05) is 25.7 Å². The number of likely N-dealkylation sites (tertiary alicyclic amines) is 2. The molecule has 2 rings (SSSR count). The highest BCUT2D eigenvalue weighted by molar-refractivity contribution is 5.68. The van der Waals surface area contributed by atoms with E-state index in [1.165, 1.54) is 12.8 Å². The summed E-state index contributed by atoms with van der Waals surface area (Å²) in [4.78, 5) is 16.4. The van der Waals surface area contributed by atoms with Crippen LogP contribution in [0.15, 0.2) is 0 Å². The lowest BCUT2D eigenvalue weighted by Crippen LogP contribution is -2.47. The minimum absolute atomic E-state index is 0.183. The summed E-state index contributed by atoms with van der Waals surface area (Å²) in [6, 6.07) is 0.345. The monoisotopic (exact) mass is 312 g/mol.